The fourth-order valence-corrected chi connectivity index (χ4v) is 11.9. The highest BCUT2D eigenvalue weighted by Crippen LogP contribution is 2.76. The Hall–Kier alpha value is -0.820. The highest BCUT2D eigenvalue weighted by Gasteiger charge is 2.70. The van der Waals surface area contributed by atoms with E-state index in [0.29, 0.717) is 41.3 Å². The van der Waals surface area contributed by atoms with Gasteiger partial charge in [-0.15, -0.1) is 6.42 Å². The van der Waals surface area contributed by atoms with Gasteiger partial charge in [-0.25, -0.2) is 0 Å². The van der Waals surface area contributed by atoms with Crippen LogP contribution in [-0.2, 0) is 14.2 Å². The number of ether oxygens (including phenoxy) is 3. The van der Waals surface area contributed by atoms with Crippen molar-refractivity contribution < 1.29 is 14.2 Å². The van der Waals surface area contributed by atoms with Crippen LogP contribution in [0.3, 0.4) is 0 Å². The van der Waals surface area contributed by atoms with Gasteiger partial charge in [-0.2, -0.15) is 0 Å². The van der Waals surface area contributed by atoms with Gasteiger partial charge in [-0.3, -0.25) is 0 Å². The van der Waals surface area contributed by atoms with Crippen LogP contribution >= 0.6 is 0 Å². The van der Waals surface area contributed by atoms with Crippen molar-refractivity contribution in [1.82, 2.24) is 0 Å². The first-order valence-corrected chi connectivity index (χ1v) is 16.1. The van der Waals surface area contributed by atoms with Crippen LogP contribution in [0.1, 0.15) is 120 Å². The lowest BCUT2D eigenvalue weighted by Gasteiger charge is -2.72. The Morgan fingerprint density at radius 1 is 0.872 bits per heavy atom. The summed E-state index contributed by atoms with van der Waals surface area (Å²) in [4.78, 5) is 0. The maximum atomic E-state index is 6.61. The van der Waals surface area contributed by atoms with Crippen LogP contribution in [-0.4, -0.2) is 31.2 Å². The van der Waals surface area contributed by atoms with Crippen LogP contribution in [0.15, 0.2) is 11.6 Å². The Morgan fingerprint density at radius 2 is 1.62 bits per heavy atom. The second-order valence-corrected chi connectivity index (χ2v) is 17.3. The molecule has 1 saturated heterocycles. The van der Waals surface area contributed by atoms with Crippen molar-refractivity contribution in [3.05, 3.63) is 11.6 Å². The van der Waals surface area contributed by atoms with Gasteiger partial charge >= 0.3 is 0 Å². The summed E-state index contributed by atoms with van der Waals surface area (Å²) in [6.07, 6.45) is 20.2. The van der Waals surface area contributed by atoms with Gasteiger partial charge < -0.3 is 14.2 Å². The molecule has 1 heterocycles. The van der Waals surface area contributed by atoms with Crippen LogP contribution in [0.4, 0.5) is 0 Å². The molecule has 218 valence electrons. The van der Waals surface area contributed by atoms with Gasteiger partial charge in [-0.1, -0.05) is 66.0 Å². The average Bonchev–Trinajstić information content (AvgIpc) is 2.84. The van der Waals surface area contributed by atoms with Crippen LogP contribution in [0, 0.1) is 62.6 Å². The standard InChI is InChI=1S/C36H56O3/c1-11-20-37-29-22-30(2,3)21-25-24-12-13-27-33(7)16-15-28-34(8,23-38-31(4,5)39-28)26(33)14-17-36(27,10)35(24,9)19-18-32(25,29)6/h1,12,25-29H,13-23H2,2-10H3/t25-,26?,27-,28?,29-,32-,33+,34?,35-,36-/m1/s1. The van der Waals surface area contributed by atoms with Crippen molar-refractivity contribution in [3.63, 3.8) is 0 Å². The molecule has 10 atom stereocenters. The van der Waals surface area contributed by atoms with E-state index in [2.05, 4.69) is 74.3 Å². The quantitative estimate of drug-likeness (QED) is 0.261. The van der Waals surface area contributed by atoms with E-state index in [1.54, 1.807) is 5.57 Å². The summed E-state index contributed by atoms with van der Waals surface area (Å²) in [6.45, 7) is 23.5. The SMILES string of the molecule is C#CCO[C@@H]1CC(C)(C)C[C@@H]2C3=CC[C@@H]4[C@@]5(C)CCC6OC(C)(C)OCC6(C)C5CC[C@@]4(C)[C@]3(C)CC[C@]21C. The monoisotopic (exact) mass is 536 g/mol. The minimum atomic E-state index is -0.457. The normalized spacial score (nSPS) is 53.5. The fraction of sp³-hybridized carbons (Fsp3) is 0.889. The first-order chi connectivity index (χ1) is 18.0. The molecule has 6 aliphatic rings. The van der Waals surface area contributed by atoms with Gasteiger partial charge in [0.25, 0.3) is 0 Å². The summed E-state index contributed by atoms with van der Waals surface area (Å²) in [5.41, 5.74) is 3.22. The van der Waals surface area contributed by atoms with Crippen molar-refractivity contribution in [1.29, 1.82) is 0 Å². The number of allylic oxidation sites excluding steroid dienone is 2. The maximum absolute atomic E-state index is 6.61. The van der Waals surface area contributed by atoms with Crippen LogP contribution in [0.25, 0.3) is 0 Å². The first-order valence-electron chi connectivity index (χ1n) is 16.1. The number of rotatable bonds is 2. The average molecular weight is 537 g/mol. The lowest BCUT2D eigenvalue weighted by Crippen LogP contribution is -2.68. The predicted molar refractivity (Wildman–Crippen MR) is 158 cm³/mol. The van der Waals surface area contributed by atoms with Crippen molar-refractivity contribution in [2.75, 3.05) is 13.2 Å². The molecule has 3 heteroatoms. The molecule has 5 fully saturated rings. The summed E-state index contributed by atoms with van der Waals surface area (Å²) < 4.78 is 19.4. The molecule has 0 spiro atoms. The minimum Gasteiger partial charge on any atom is -0.365 e. The van der Waals surface area contributed by atoms with E-state index >= 15 is 0 Å². The van der Waals surface area contributed by atoms with E-state index in [-0.39, 0.29) is 27.8 Å². The zero-order valence-electron chi connectivity index (χ0n) is 26.5. The summed E-state index contributed by atoms with van der Waals surface area (Å²) in [5, 5.41) is 0. The lowest BCUT2D eigenvalue weighted by molar-refractivity contribution is -0.351. The molecule has 0 amide bonds. The summed E-state index contributed by atoms with van der Waals surface area (Å²) in [6, 6.07) is 0. The van der Waals surface area contributed by atoms with Crippen molar-refractivity contribution in [3.8, 4) is 12.3 Å². The number of hydrogen-bond acceptors (Lipinski definition) is 3. The van der Waals surface area contributed by atoms with Gasteiger partial charge in [0.05, 0.1) is 18.8 Å². The molecule has 6 rings (SSSR count). The molecule has 1 aliphatic heterocycles. The second kappa shape index (κ2) is 8.61. The van der Waals surface area contributed by atoms with Crippen LogP contribution in [0.5, 0.6) is 0 Å². The molecular weight excluding hydrogens is 480 g/mol. The molecule has 0 aromatic rings. The number of hydrogen-bond donors (Lipinski definition) is 0. The molecule has 3 nitrogen and oxygen atoms in total. The third kappa shape index (κ3) is 3.79. The Labute approximate surface area is 239 Å². The smallest absolute Gasteiger partial charge is 0.163 e. The number of terminal acetylenes is 1. The van der Waals surface area contributed by atoms with E-state index in [1.807, 2.05) is 0 Å². The largest absolute Gasteiger partial charge is 0.365 e. The Morgan fingerprint density at radius 3 is 2.33 bits per heavy atom. The third-order valence-corrected chi connectivity index (χ3v) is 14.4. The summed E-state index contributed by atoms with van der Waals surface area (Å²) >= 11 is 0. The molecular formula is C36H56O3. The van der Waals surface area contributed by atoms with Gasteiger partial charge in [0.15, 0.2) is 5.79 Å². The van der Waals surface area contributed by atoms with Gasteiger partial charge in [0, 0.05) is 10.8 Å². The van der Waals surface area contributed by atoms with Crippen molar-refractivity contribution in [2.45, 2.75) is 138 Å². The van der Waals surface area contributed by atoms with E-state index in [4.69, 9.17) is 20.6 Å². The molecule has 3 unspecified atom stereocenters. The topological polar surface area (TPSA) is 27.7 Å². The molecule has 4 saturated carbocycles. The molecule has 0 aromatic heterocycles. The molecule has 0 N–H and O–H groups in total. The van der Waals surface area contributed by atoms with E-state index in [0.717, 1.165) is 13.0 Å². The van der Waals surface area contributed by atoms with E-state index in [1.165, 1.54) is 51.4 Å². The lowest BCUT2D eigenvalue weighted by atomic mass is 9.33. The van der Waals surface area contributed by atoms with Crippen LogP contribution in [0.2, 0.25) is 0 Å². The van der Waals surface area contributed by atoms with Gasteiger partial charge in [0.2, 0.25) is 0 Å². The van der Waals surface area contributed by atoms with Crippen molar-refractivity contribution in [2.24, 2.45) is 50.2 Å². The predicted octanol–water partition coefficient (Wildman–Crippen LogP) is 8.57. The number of fused-ring (bicyclic) bond motifs is 9. The van der Waals surface area contributed by atoms with Gasteiger partial charge in [-0.05, 0) is 111 Å². The molecule has 0 bridgehead atoms. The third-order valence-electron chi connectivity index (χ3n) is 14.4. The summed E-state index contributed by atoms with van der Waals surface area (Å²) in [5.74, 6) is 4.25. The van der Waals surface area contributed by atoms with Gasteiger partial charge in [0.1, 0.15) is 6.61 Å². The zero-order valence-corrected chi connectivity index (χ0v) is 26.5. The van der Waals surface area contributed by atoms with Crippen LogP contribution < -0.4 is 0 Å². The van der Waals surface area contributed by atoms with E-state index in [9.17, 15) is 0 Å². The minimum absolute atomic E-state index is 0.106. The highest BCUT2D eigenvalue weighted by molar-refractivity contribution is 5.34. The summed E-state index contributed by atoms with van der Waals surface area (Å²) in [7, 11) is 0. The van der Waals surface area contributed by atoms with Crippen molar-refractivity contribution >= 4 is 0 Å². The zero-order chi connectivity index (χ0) is 28.3. The fourth-order valence-electron chi connectivity index (χ4n) is 11.9. The Balaban J connectivity index is 1.37. The molecule has 5 aliphatic carbocycles. The molecule has 39 heavy (non-hydrogen) atoms. The highest BCUT2D eigenvalue weighted by atomic mass is 16.7. The Bertz CT molecular complexity index is 1080. The molecule has 0 radical (unpaired) electrons. The maximum Gasteiger partial charge on any atom is 0.163 e. The molecule has 0 aromatic carbocycles. The van der Waals surface area contributed by atoms with E-state index < -0.39 is 5.79 Å². The Kier molecular flexibility index (Phi) is 6.25. The second-order valence-electron chi connectivity index (χ2n) is 17.3. The first kappa shape index (κ1) is 28.3.